The zero-order valence-electron chi connectivity index (χ0n) is 4.64. The highest BCUT2D eigenvalue weighted by Gasteiger charge is 2.04. The summed E-state index contributed by atoms with van der Waals surface area (Å²) >= 11 is 1.44. The molecule has 8 heavy (non-hydrogen) atoms. The summed E-state index contributed by atoms with van der Waals surface area (Å²) in [6.45, 7) is 1.56. The van der Waals surface area contributed by atoms with Crippen LogP contribution in [-0.2, 0) is 4.79 Å². The van der Waals surface area contributed by atoms with E-state index in [0.717, 1.165) is 18.7 Å². The molecule has 0 radical (unpaired) electrons. The minimum absolute atomic E-state index is 0.280. The van der Waals surface area contributed by atoms with Gasteiger partial charge in [0.2, 0.25) is 5.12 Å². The maximum absolute atomic E-state index is 10.6. The van der Waals surface area contributed by atoms with Crippen molar-refractivity contribution >= 4 is 16.9 Å². The van der Waals surface area contributed by atoms with Crippen LogP contribution in [0.25, 0.3) is 0 Å². The molecule has 1 aliphatic rings. The Balaban J connectivity index is 2.27. The van der Waals surface area contributed by atoms with Crippen molar-refractivity contribution in [2.45, 2.75) is 6.42 Å². The van der Waals surface area contributed by atoms with E-state index in [1.165, 1.54) is 11.8 Å². The Labute approximate surface area is 53.0 Å². The van der Waals surface area contributed by atoms with Crippen molar-refractivity contribution in [2.24, 2.45) is 0 Å². The molecule has 0 bridgehead atoms. The van der Waals surface area contributed by atoms with Crippen LogP contribution in [0.2, 0.25) is 0 Å². The molecule has 0 atom stereocenters. The van der Waals surface area contributed by atoms with Crippen molar-refractivity contribution < 1.29 is 4.79 Å². The SMILES string of the molecule is O=C1CNCCCS1. The normalized spacial score (nSPS) is 22.8. The maximum Gasteiger partial charge on any atom is 0.202 e. The highest BCUT2D eigenvalue weighted by molar-refractivity contribution is 8.13. The first-order valence-corrected chi connectivity index (χ1v) is 3.74. The van der Waals surface area contributed by atoms with Gasteiger partial charge < -0.3 is 5.32 Å². The van der Waals surface area contributed by atoms with Crippen LogP contribution in [0.15, 0.2) is 0 Å². The molecule has 1 rings (SSSR count). The molecule has 0 aromatic carbocycles. The molecule has 0 spiro atoms. The second-order valence-electron chi connectivity index (χ2n) is 1.75. The number of carbonyl (C=O) groups is 1. The van der Waals surface area contributed by atoms with Gasteiger partial charge in [0.15, 0.2) is 0 Å². The Morgan fingerprint density at radius 3 is 3.38 bits per heavy atom. The van der Waals surface area contributed by atoms with Crippen LogP contribution in [0.1, 0.15) is 6.42 Å². The van der Waals surface area contributed by atoms with E-state index in [0.29, 0.717) is 6.54 Å². The van der Waals surface area contributed by atoms with Gasteiger partial charge in [0.05, 0.1) is 6.54 Å². The molecule has 3 heteroatoms. The van der Waals surface area contributed by atoms with Crippen molar-refractivity contribution in [1.82, 2.24) is 5.32 Å². The number of thioether (sulfide) groups is 1. The van der Waals surface area contributed by atoms with Gasteiger partial charge in [-0.05, 0) is 13.0 Å². The molecule has 1 fully saturated rings. The van der Waals surface area contributed by atoms with Crippen LogP contribution in [0.5, 0.6) is 0 Å². The van der Waals surface area contributed by atoms with E-state index in [1.807, 2.05) is 0 Å². The van der Waals surface area contributed by atoms with Gasteiger partial charge in [-0.15, -0.1) is 0 Å². The molecule has 0 saturated carbocycles. The zero-order chi connectivity index (χ0) is 5.82. The van der Waals surface area contributed by atoms with Gasteiger partial charge in [-0.2, -0.15) is 0 Å². The van der Waals surface area contributed by atoms with Gasteiger partial charge in [0.25, 0.3) is 0 Å². The van der Waals surface area contributed by atoms with E-state index in [-0.39, 0.29) is 5.12 Å². The second kappa shape index (κ2) is 3.10. The third kappa shape index (κ3) is 1.84. The minimum Gasteiger partial charge on any atom is -0.309 e. The van der Waals surface area contributed by atoms with E-state index >= 15 is 0 Å². The minimum atomic E-state index is 0.280. The molecule has 0 aromatic heterocycles. The summed E-state index contributed by atoms with van der Waals surface area (Å²) in [7, 11) is 0. The first kappa shape index (κ1) is 6.11. The number of rotatable bonds is 0. The number of hydrogen-bond donors (Lipinski definition) is 1. The van der Waals surface area contributed by atoms with Crippen molar-refractivity contribution in [3.05, 3.63) is 0 Å². The third-order valence-corrected chi connectivity index (χ3v) is 1.99. The number of hydrogen-bond acceptors (Lipinski definition) is 3. The van der Waals surface area contributed by atoms with Crippen LogP contribution >= 0.6 is 11.8 Å². The molecule has 1 saturated heterocycles. The summed E-state index contributed by atoms with van der Waals surface area (Å²) in [6.07, 6.45) is 1.12. The van der Waals surface area contributed by atoms with Gasteiger partial charge in [0, 0.05) is 5.75 Å². The monoisotopic (exact) mass is 131 g/mol. The van der Waals surface area contributed by atoms with Crippen LogP contribution in [0.4, 0.5) is 0 Å². The van der Waals surface area contributed by atoms with Gasteiger partial charge in [0.1, 0.15) is 0 Å². The van der Waals surface area contributed by atoms with Gasteiger partial charge >= 0.3 is 0 Å². The fraction of sp³-hybridized carbons (Fsp3) is 0.800. The fourth-order valence-corrected chi connectivity index (χ4v) is 1.35. The first-order valence-electron chi connectivity index (χ1n) is 2.76. The molecule has 1 heterocycles. The first-order chi connectivity index (χ1) is 3.89. The molecule has 0 unspecified atom stereocenters. The Hall–Kier alpha value is -0.0200. The van der Waals surface area contributed by atoms with E-state index in [2.05, 4.69) is 5.32 Å². The average Bonchev–Trinajstić information content (AvgIpc) is 1.94. The van der Waals surface area contributed by atoms with Crippen LogP contribution < -0.4 is 5.32 Å². The summed E-state index contributed by atoms with van der Waals surface area (Å²) in [5, 5.41) is 3.31. The predicted octanol–water partition coefficient (Wildman–Crippen LogP) is 0.239. The predicted molar refractivity (Wildman–Crippen MR) is 35.0 cm³/mol. The van der Waals surface area contributed by atoms with E-state index in [1.54, 1.807) is 0 Å². The second-order valence-corrected chi connectivity index (χ2v) is 2.90. The van der Waals surface area contributed by atoms with E-state index in [4.69, 9.17) is 0 Å². The van der Waals surface area contributed by atoms with Crippen LogP contribution in [0.3, 0.4) is 0 Å². The van der Waals surface area contributed by atoms with Crippen molar-refractivity contribution in [2.75, 3.05) is 18.8 Å². The van der Waals surface area contributed by atoms with Gasteiger partial charge in [-0.3, -0.25) is 4.79 Å². The van der Waals surface area contributed by atoms with Gasteiger partial charge in [-0.1, -0.05) is 11.8 Å². The third-order valence-electron chi connectivity index (χ3n) is 1.03. The topological polar surface area (TPSA) is 29.1 Å². The molecule has 2 nitrogen and oxygen atoms in total. The Morgan fingerprint density at radius 2 is 2.50 bits per heavy atom. The highest BCUT2D eigenvalue weighted by atomic mass is 32.2. The Morgan fingerprint density at radius 1 is 1.62 bits per heavy atom. The van der Waals surface area contributed by atoms with Crippen LogP contribution in [-0.4, -0.2) is 24.0 Å². The molecule has 1 N–H and O–H groups in total. The summed E-state index contributed by atoms with van der Waals surface area (Å²) < 4.78 is 0. The van der Waals surface area contributed by atoms with Crippen molar-refractivity contribution in [3.63, 3.8) is 0 Å². The largest absolute Gasteiger partial charge is 0.309 e. The summed E-state index contributed by atoms with van der Waals surface area (Å²) in [5.74, 6) is 0.992. The quantitative estimate of drug-likeness (QED) is 0.510. The lowest BCUT2D eigenvalue weighted by Crippen LogP contribution is -2.18. The summed E-state index contributed by atoms with van der Waals surface area (Å²) in [4.78, 5) is 10.6. The number of carbonyl (C=O) groups excluding carboxylic acids is 1. The highest BCUT2D eigenvalue weighted by Crippen LogP contribution is 2.04. The van der Waals surface area contributed by atoms with E-state index < -0.39 is 0 Å². The zero-order valence-corrected chi connectivity index (χ0v) is 5.46. The molecule has 0 aliphatic carbocycles. The lowest BCUT2D eigenvalue weighted by Gasteiger charge is -1.90. The fourth-order valence-electron chi connectivity index (χ4n) is 0.625. The van der Waals surface area contributed by atoms with Gasteiger partial charge in [-0.25, -0.2) is 0 Å². The Bertz CT molecular complexity index is 84.4. The standard InChI is InChI=1S/C5H9NOS/c7-5-4-6-2-1-3-8-5/h6H,1-4H2. The average molecular weight is 131 g/mol. The molecule has 1 aliphatic heterocycles. The number of nitrogens with one attached hydrogen (secondary N) is 1. The van der Waals surface area contributed by atoms with Crippen molar-refractivity contribution in [3.8, 4) is 0 Å². The summed E-state index contributed by atoms with van der Waals surface area (Å²) in [5.41, 5.74) is 0. The molecule has 0 amide bonds. The van der Waals surface area contributed by atoms with Crippen molar-refractivity contribution in [1.29, 1.82) is 0 Å². The molecule has 46 valence electrons. The molecular formula is C5H9NOS. The lowest BCUT2D eigenvalue weighted by molar-refractivity contribution is -0.110. The molecule has 0 aromatic rings. The smallest absolute Gasteiger partial charge is 0.202 e. The maximum atomic E-state index is 10.6. The Kier molecular flexibility index (Phi) is 2.36. The van der Waals surface area contributed by atoms with Crippen LogP contribution in [0, 0.1) is 0 Å². The summed E-state index contributed by atoms with van der Waals surface area (Å²) in [6, 6.07) is 0. The lowest BCUT2D eigenvalue weighted by atomic mass is 10.5. The van der Waals surface area contributed by atoms with E-state index in [9.17, 15) is 4.79 Å². The molecular weight excluding hydrogens is 122 g/mol.